The summed E-state index contributed by atoms with van der Waals surface area (Å²) in [5.74, 6) is -0.681. The van der Waals surface area contributed by atoms with Gasteiger partial charge in [0.05, 0.1) is 13.0 Å². The van der Waals surface area contributed by atoms with Crippen molar-refractivity contribution in [3.63, 3.8) is 0 Å². The largest absolute Gasteiger partial charge is 0.466 e. The van der Waals surface area contributed by atoms with Crippen molar-refractivity contribution in [2.75, 3.05) is 19.7 Å². The topological polar surface area (TPSA) is 87.7 Å². The molecule has 1 heterocycles. The Kier molecular flexibility index (Phi) is 11.6. The van der Waals surface area contributed by atoms with Crippen LogP contribution in [0.4, 0.5) is 4.79 Å². The second-order valence-electron chi connectivity index (χ2n) is 8.68. The molecule has 0 radical (unpaired) electrons. The lowest BCUT2D eigenvalue weighted by molar-refractivity contribution is -0.147. The summed E-state index contributed by atoms with van der Waals surface area (Å²) in [6.07, 6.45) is 14.8. The average Bonchev–Trinajstić information content (AvgIpc) is 2.74. The molecule has 1 aliphatic heterocycles. The molecule has 0 aromatic carbocycles. The highest BCUT2D eigenvalue weighted by Crippen LogP contribution is 2.18. The number of piperazine rings is 1. The number of ether oxygens (including phenoxy) is 1. The van der Waals surface area contributed by atoms with Gasteiger partial charge in [-0.3, -0.25) is 9.59 Å². The summed E-state index contributed by atoms with van der Waals surface area (Å²) in [5.41, 5.74) is 0. The standard InChI is InChI=1S/C23H41N3O4/c1-2-3-4-5-6-7-8-12-17-30-21(27)18-20-22(28)24-15-16-26(20)23(29)25-19-13-10-9-11-14-19/h19-20H,2-18H2,1H3,(H,24,28)(H,25,29). The van der Waals surface area contributed by atoms with E-state index in [4.69, 9.17) is 4.74 Å². The molecule has 2 fully saturated rings. The first-order chi connectivity index (χ1) is 14.6. The predicted molar refractivity (Wildman–Crippen MR) is 117 cm³/mol. The molecular weight excluding hydrogens is 382 g/mol. The van der Waals surface area contributed by atoms with E-state index in [0.717, 1.165) is 38.5 Å². The van der Waals surface area contributed by atoms with E-state index in [9.17, 15) is 14.4 Å². The fourth-order valence-corrected chi connectivity index (χ4v) is 4.30. The second-order valence-corrected chi connectivity index (χ2v) is 8.68. The van der Waals surface area contributed by atoms with E-state index in [1.54, 1.807) is 0 Å². The fraction of sp³-hybridized carbons (Fsp3) is 0.870. The van der Waals surface area contributed by atoms with Gasteiger partial charge in [-0.2, -0.15) is 0 Å². The molecule has 1 saturated heterocycles. The molecule has 1 atom stereocenters. The van der Waals surface area contributed by atoms with Crippen LogP contribution in [0.1, 0.15) is 96.8 Å². The first kappa shape index (κ1) is 24.5. The van der Waals surface area contributed by atoms with Crippen molar-refractivity contribution in [2.24, 2.45) is 0 Å². The first-order valence-corrected chi connectivity index (χ1v) is 12.1. The minimum atomic E-state index is -0.784. The molecule has 7 heteroatoms. The van der Waals surface area contributed by atoms with Gasteiger partial charge in [0.15, 0.2) is 0 Å². The van der Waals surface area contributed by atoms with Gasteiger partial charge in [0, 0.05) is 19.1 Å². The molecule has 1 aliphatic carbocycles. The maximum absolute atomic E-state index is 12.7. The van der Waals surface area contributed by atoms with Crippen molar-refractivity contribution < 1.29 is 19.1 Å². The quantitative estimate of drug-likeness (QED) is 0.368. The lowest BCUT2D eigenvalue weighted by Crippen LogP contribution is -2.61. The monoisotopic (exact) mass is 423 g/mol. The highest BCUT2D eigenvalue weighted by molar-refractivity contribution is 5.91. The van der Waals surface area contributed by atoms with Gasteiger partial charge in [0.1, 0.15) is 6.04 Å². The van der Waals surface area contributed by atoms with Gasteiger partial charge in [0.2, 0.25) is 5.91 Å². The van der Waals surface area contributed by atoms with Gasteiger partial charge >= 0.3 is 12.0 Å². The molecule has 0 bridgehead atoms. The molecule has 2 rings (SSSR count). The van der Waals surface area contributed by atoms with E-state index in [2.05, 4.69) is 17.6 Å². The Morgan fingerprint density at radius 2 is 1.70 bits per heavy atom. The third-order valence-corrected chi connectivity index (χ3v) is 6.15. The van der Waals surface area contributed by atoms with Gasteiger partial charge in [-0.1, -0.05) is 71.1 Å². The molecule has 7 nitrogen and oxygen atoms in total. The van der Waals surface area contributed by atoms with Crippen LogP contribution in [0.5, 0.6) is 0 Å². The summed E-state index contributed by atoms with van der Waals surface area (Å²) in [4.78, 5) is 38.8. The Balaban J connectivity index is 1.67. The number of hydrogen-bond acceptors (Lipinski definition) is 4. The number of hydrogen-bond donors (Lipinski definition) is 2. The molecular formula is C23H41N3O4. The Morgan fingerprint density at radius 1 is 1.03 bits per heavy atom. The Morgan fingerprint density at radius 3 is 2.40 bits per heavy atom. The zero-order valence-electron chi connectivity index (χ0n) is 18.8. The molecule has 0 spiro atoms. The van der Waals surface area contributed by atoms with Crippen molar-refractivity contribution in [3.8, 4) is 0 Å². The van der Waals surface area contributed by atoms with Crippen LogP contribution in [0.3, 0.4) is 0 Å². The maximum Gasteiger partial charge on any atom is 0.318 e. The normalized spacial score (nSPS) is 20.0. The third-order valence-electron chi connectivity index (χ3n) is 6.15. The van der Waals surface area contributed by atoms with Gasteiger partial charge in [-0.15, -0.1) is 0 Å². The van der Waals surface area contributed by atoms with Crippen molar-refractivity contribution in [1.82, 2.24) is 15.5 Å². The van der Waals surface area contributed by atoms with Gasteiger partial charge in [0.25, 0.3) is 0 Å². The Hall–Kier alpha value is -1.79. The number of nitrogens with one attached hydrogen (secondary N) is 2. The van der Waals surface area contributed by atoms with Crippen LogP contribution < -0.4 is 10.6 Å². The number of carbonyl (C=O) groups excluding carboxylic acids is 3. The summed E-state index contributed by atoms with van der Waals surface area (Å²) in [6.45, 7) is 3.44. The van der Waals surface area contributed by atoms with Crippen LogP contribution in [-0.2, 0) is 14.3 Å². The molecule has 0 aromatic heterocycles. The van der Waals surface area contributed by atoms with Crippen LogP contribution in [0.25, 0.3) is 0 Å². The number of carbonyl (C=O) groups is 3. The predicted octanol–water partition coefficient (Wildman–Crippen LogP) is 3.90. The van der Waals surface area contributed by atoms with Crippen molar-refractivity contribution >= 4 is 17.9 Å². The number of esters is 1. The maximum atomic E-state index is 12.7. The number of nitrogens with zero attached hydrogens (tertiary/aromatic N) is 1. The molecule has 0 aromatic rings. The van der Waals surface area contributed by atoms with Gasteiger partial charge in [-0.25, -0.2) is 4.79 Å². The van der Waals surface area contributed by atoms with Gasteiger partial charge < -0.3 is 20.3 Å². The van der Waals surface area contributed by atoms with Crippen molar-refractivity contribution in [3.05, 3.63) is 0 Å². The molecule has 1 unspecified atom stereocenters. The molecule has 3 amide bonds. The molecule has 2 N–H and O–H groups in total. The third kappa shape index (κ3) is 8.92. The number of unbranched alkanes of at least 4 members (excludes halogenated alkanes) is 7. The van der Waals surface area contributed by atoms with Crippen LogP contribution >= 0.6 is 0 Å². The van der Waals surface area contributed by atoms with E-state index in [1.807, 2.05) is 0 Å². The minimum Gasteiger partial charge on any atom is -0.466 e. The highest BCUT2D eigenvalue weighted by atomic mass is 16.5. The van der Waals surface area contributed by atoms with Crippen molar-refractivity contribution in [2.45, 2.75) is 109 Å². The van der Waals surface area contributed by atoms with Crippen LogP contribution in [0.2, 0.25) is 0 Å². The summed E-state index contributed by atoms with van der Waals surface area (Å²) < 4.78 is 5.34. The van der Waals surface area contributed by atoms with E-state index < -0.39 is 12.0 Å². The zero-order chi connectivity index (χ0) is 21.6. The summed E-state index contributed by atoms with van der Waals surface area (Å²) >= 11 is 0. The summed E-state index contributed by atoms with van der Waals surface area (Å²) in [6, 6.07) is -0.850. The van der Waals surface area contributed by atoms with Crippen LogP contribution in [-0.4, -0.2) is 54.6 Å². The second kappa shape index (κ2) is 14.3. The molecule has 1 saturated carbocycles. The number of urea groups is 1. The fourth-order valence-electron chi connectivity index (χ4n) is 4.30. The summed E-state index contributed by atoms with van der Waals surface area (Å²) in [5, 5.41) is 5.81. The van der Waals surface area contributed by atoms with E-state index >= 15 is 0 Å². The van der Waals surface area contributed by atoms with Crippen molar-refractivity contribution in [1.29, 1.82) is 0 Å². The van der Waals surface area contributed by atoms with E-state index in [-0.39, 0.29) is 24.4 Å². The van der Waals surface area contributed by atoms with Crippen LogP contribution in [0.15, 0.2) is 0 Å². The average molecular weight is 424 g/mol. The smallest absolute Gasteiger partial charge is 0.318 e. The lowest BCUT2D eigenvalue weighted by atomic mass is 9.95. The number of rotatable bonds is 12. The molecule has 172 valence electrons. The van der Waals surface area contributed by atoms with Gasteiger partial charge in [-0.05, 0) is 19.3 Å². The Bertz CT molecular complexity index is 535. The SMILES string of the molecule is CCCCCCCCCCOC(=O)CC1C(=O)NCCN1C(=O)NC1CCCCC1. The minimum absolute atomic E-state index is 0.0824. The van der Waals surface area contributed by atoms with Crippen LogP contribution in [0, 0.1) is 0 Å². The highest BCUT2D eigenvalue weighted by Gasteiger charge is 2.35. The van der Waals surface area contributed by atoms with E-state index in [1.165, 1.54) is 49.8 Å². The lowest BCUT2D eigenvalue weighted by Gasteiger charge is -2.36. The first-order valence-electron chi connectivity index (χ1n) is 12.1. The zero-order valence-corrected chi connectivity index (χ0v) is 18.8. The number of amides is 3. The summed E-state index contributed by atoms with van der Waals surface area (Å²) in [7, 11) is 0. The van der Waals surface area contributed by atoms with E-state index in [0.29, 0.717) is 19.7 Å². The molecule has 2 aliphatic rings. The molecule has 30 heavy (non-hydrogen) atoms. The Labute approximate surface area is 181 Å².